The second-order valence-corrected chi connectivity index (χ2v) is 5.12. The number of benzene rings is 1. The number of rotatable bonds is 3. The van der Waals surface area contributed by atoms with Crippen LogP contribution >= 0.6 is 27.5 Å². The summed E-state index contributed by atoms with van der Waals surface area (Å²) < 4.78 is 1.04. The van der Waals surface area contributed by atoms with Crippen LogP contribution in [0.2, 0.25) is 5.15 Å². The van der Waals surface area contributed by atoms with Crippen molar-refractivity contribution in [1.82, 2.24) is 9.97 Å². The summed E-state index contributed by atoms with van der Waals surface area (Å²) >= 11 is 9.25. The molecule has 0 bridgehead atoms. The molecule has 0 saturated carbocycles. The third-order valence-electron chi connectivity index (χ3n) is 2.56. The zero-order chi connectivity index (χ0) is 13.1. The van der Waals surface area contributed by atoms with Gasteiger partial charge >= 0.3 is 0 Å². The van der Waals surface area contributed by atoms with Gasteiger partial charge in [-0.3, -0.25) is 0 Å². The first-order valence-electron chi connectivity index (χ1n) is 5.36. The van der Waals surface area contributed by atoms with E-state index in [0.717, 1.165) is 10.0 Å². The fourth-order valence-electron chi connectivity index (χ4n) is 1.53. The third-order valence-corrected chi connectivity index (χ3v) is 3.39. The zero-order valence-corrected chi connectivity index (χ0v) is 12.0. The number of nitrogens with one attached hydrogen (secondary N) is 1. The monoisotopic (exact) mass is 326 g/mol. The van der Waals surface area contributed by atoms with Gasteiger partial charge in [0.2, 0.25) is 0 Å². The predicted octanol–water partition coefficient (Wildman–Crippen LogP) is 3.65. The zero-order valence-electron chi connectivity index (χ0n) is 9.69. The smallest absolute Gasteiger partial charge is 0.157 e. The van der Waals surface area contributed by atoms with Crippen molar-refractivity contribution in [3.8, 4) is 0 Å². The van der Waals surface area contributed by atoms with Crippen molar-refractivity contribution in [1.29, 1.82) is 0 Å². The molecule has 0 spiro atoms. The number of hydrogen-bond donors (Lipinski definition) is 2. The van der Waals surface area contributed by atoms with Crippen LogP contribution < -0.4 is 11.1 Å². The van der Waals surface area contributed by atoms with Gasteiger partial charge in [-0.2, -0.15) is 0 Å². The van der Waals surface area contributed by atoms with Gasteiger partial charge in [-0.15, -0.1) is 0 Å². The predicted molar refractivity (Wildman–Crippen MR) is 77.6 cm³/mol. The second kappa shape index (κ2) is 5.54. The van der Waals surface area contributed by atoms with Gasteiger partial charge < -0.3 is 11.1 Å². The van der Waals surface area contributed by atoms with Crippen molar-refractivity contribution >= 4 is 39.0 Å². The molecular formula is C12H12BrClN4. The molecule has 6 heteroatoms. The van der Waals surface area contributed by atoms with Crippen LogP contribution in [0.4, 0.5) is 11.5 Å². The Morgan fingerprint density at radius 1 is 1.28 bits per heavy atom. The minimum atomic E-state index is 0.0753. The summed E-state index contributed by atoms with van der Waals surface area (Å²) in [7, 11) is 0. The first-order chi connectivity index (χ1) is 8.58. The topological polar surface area (TPSA) is 63.8 Å². The highest BCUT2D eigenvalue weighted by molar-refractivity contribution is 9.10. The summed E-state index contributed by atoms with van der Waals surface area (Å²) in [6, 6.07) is 8.11. The summed E-state index contributed by atoms with van der Waals surface area (Å²) in [4.78, 5) is 7.90. The van der Waals surface area contributed by atoms with Crippen molar-refractivity contribution < 1.29 is 0 Å². The molecule has 4 nitrogen and oxygen atoms in total. The van der Waals surface area contributed by atoms with E-state index >= 15 is 0 Å². The Kier molecular flexibility index (Phi) is 4.04. The Bertz CT molecular complexity index is 544. The van der Waals surface area contributed by atoms with E-state index in [1.54, 1.807) is 0 Å². The first-order valence-corrected chi connectivity index (χ1v) is 6.53. The molecule has 1 unspecified atom stereocenters. The molecule has 0 aliphatic heterocycles. The van der Waals surface area contributed by atoms with E-state index in [2.05, 4.69) is 31.2 Å². The lowest BCUT2D eigenvalue weighted by molar-refractivity contribution is 0.872. The van der Waals surface area contributed by atoms with E-state index in [0.29, 0.717) is 11.5 Å². The minimum absolute atomic E-state index is 0.0753. The van der Waals surface area contributed by atoms with Gasteiger partial charge in [0.05, 0.1) is 6.04 Å². The molecule has 1 heterocycles. The molecule has 0 radical (unpaired) electrons. The number of halogens is 2. The molecule has 1 aromatic carbocycles. The Balaban J connectivity index is 2.18. The van der Waals surface area contributed by atoms with E-state index < -0.39 is 0 Å². The fourth-order valence-corrected chi connectivity index (χ4v) is 1.93. The summed E-state index contributed by atoms with van der Waals surface area (Å²) in [5.74, 6) is 0.547. The molecule has 2 aromatic rings. The first kappa shape index (κ1) is 13.1. The molecule has 3 N–H and O–H groups in total. The molecule has 0 amide bonds. The largest absolute Gasteiger partial charge is 0.393 e. The van der Waals surface area contributed by atoms with Gasteiger partial charge in [0.25, 0.3) is 0 Å². The number of nitrogens with two attached hydrogens (primary N) is 1. The Hall–Kier alpha value is -1.33. The van der Waals surface area contributed by atoms with Gasteiger partial charge in [0.15, 0.2) is 11.0 Å². The molecule has 0 fully saturated rings. The molecular weight excluding hydrogens is 316 g/mol. The molecule has 1 atom stereocenters. The van der Waals surface area contributed by atoms with Crippen LogP contribution in [0.25, 0.3) is 0 Å². The average Bonchev–Trinajstić information content (AvgIpc) is 2.36. The summed E-state index contributed by atoms with van der Waals surface area (Å²) in [6.07, 6.45) is 1.38. The van der Waals surface area contributed by atoms with E-state index in [9.17, 15) is 0 Å². The number of hydrogen-bond acceptors (Lipinski definition) is 4. The maximum atomic E-state index is 5.84. The molecule has 94 valence electrons. The Morgan fingerprint density at radius 3 is 2.61 bits per heavy atom. The maximum absolute atomic E-state index is 5.84. The highest BCUT2D eigenvalue weighted by Gasteiger charge is 2.10. The van der Waals surface area contributed by atoms with E-state index in [-0.39, 0.29) is 11.2 Å². The molecule has 0 aliphatic rings. The lowest BCUT2D eigenvalue weighted by Crippen LogP contribution is -2.10. The average molecular weight is 328 g/mol. The van der Waals surface area contributed by atoms with Crippen LogP contribution in [-0.2, 0) is 0 Å². The Morgan fingerprint density at radius 2 is 1.94 bits per heavy atom. The Labute approximate surface area is 119 Å². The van der Waals surface area contributed by atoms with Gasteiger partial charge in [-0.1, -0.05) is 39.7 Å². The van der Waals surface area contributed by atoms with Crippen molar-refractivity contribution in [2.24, 2.45) is 0 Å². The quantitative estimate of drug-likeness (QED) is 0.845. The summed E-state index contributed by atoms with van der Waals surface area (Å²) in [5.41, 5.74) is 7.30. The van der Waals surface area contributed by atoms with Crippen LogP contribution in [0, 0.1) is 0 Å². The standard InChI is InChI=1S/C12H12BrClN4/c1-7(8-2-4-9(13)5-3-8)18-12-10(15)11(14)16-6-17-12/h2-7H,15H2,1H3,(H,16,17,18). The number of nitrogens with zero attached hydrogens (tertiary/aromatic N) is 2. The normalized spacial score (nSPS) is 12.2. The number of nitrogen functional groups attached to an aromatic ring is 1. The minimum Gasteiger partial charge on any atom is -0.393 e. The van der Waals surface area contributed by atoms with Crippen molar-refractivity contribution in [3.05, 3.63) is 45.8 Å². The summed E-state index contributed by atoms with van der Waals surface area (Å²) in [6.45, 7) is 2.03. The van der Waals surface area contributed by atoms with Gasteiger partial charge in [-0.25, -0.2) is 9.97 Å². The van der Waals surface area contributed by atoms with Crippen LogP contribution in [0.1, 0.15) is 18.5 Å². The second-order valence-electron chi connectivity index (χ2n) is 3.84. The highest BCUT2D eigenvalue weighted by atomic mass is 79.9. The molecule has 2 rings (SSSR count). The van der Waals surface area contributed by atoms with Crippen LogP contribution in [-0.4, -0.2) is 9.97 Å². The van der Waals surface area contributed by atoms with Crippen LogP contribution in [0.3, 0.4) is 0 Å². The van der Waals surface area contributed by atoms with E-state index in [4.69, 9.17) is 17.3 Å². The maximum Gasteiger partial charge on any atom is 0.157 e. The molecule has 0 aliphatic carbocycles. The van der Waals surface area contributed by atoms with Gasteiger partial charge in [-0.05, 0) is 24.6 Å². The van der Waals surface area contributed by atoms with Crippen molar-refractivity contribution in [2.45, 2.75) is 13.0 Å². The molecule has 1 aromatic heterocycles. The molecule has 18 heavy (non-hydrogen) atoms. The van der Waals surface area contributed by atoms with Gasteiger partial charge in [0.1, 0.15) is 12.0 Å². The molecule has 0 saturated heterocycles. The summed E-state index contributed by atoms with van der Waals surface area (Å²) in [5, 5.41) is 3.47. The van der Waals surface area contributed by atoms with Crippen molar-refractivity contribution in [2.75, 3.05) is 11.1 Å². The van der Waals surface area contributed by atoms with Gasteiger partial charge in [0, 0.05) is 4.47 Å². The van der Waals surface area contributed by atoms with Crippen molar-refractivity contribution in [3.63, 3.8) is 0 Å². The fraction of sp³-hybridized carbons (Fsp3) is 0.167. The highest BCUT2D eigenvalue weighted by Crippen LogP contribution is 2.26. The number of anilines is 2. The van der Waals surface area contributed by atoms with Crippen LogP contribution in [0.5, 0.6) is 0 Å². The lowest BCUT2D eigenvalue weighted by Gasteiger charge is -2.16. The lowest BCUT2D eigenvalue weighted by atomic mass is 10.1. The van der Waals surface area contributed by atoms with Crippen LogP contribution in [0.15, 0.2) is 35.1 Å². The number of aromatic nitrogens is 2. The third kappa shape index (κ3) is 2.91. The van der Waals surface area contributed by atoms with E-state index in [1.165, 1.54) is 6.33 Å². The SMILES string of the molecule is CC(Nc1ncnc(Cl)c1N)c1ccc(Br)cc1. The van der Waals surface area contributed by atoms with E-state index in [1.807, 2.05) is 31.2 Å².